The monoisotopic (exact) mass is 247 g/mol. The standard InChI is InChI=1S/C10H11Cl2NS/c1-6-5-13-10(14-6)7-2-3-8(11)9(12)4-7/h2-4,6,10,13H,5H2,1H3. The molecule has 1 N–H and O–H groups in total. The summed E-state index contributed by atoms with van der Waals surface area (Å²) in [5.41, 5.74) is 1.20. The molecule has 2 unspecified atom stereocenters. The van der Waals surface area contributed by atoms with E-state index in [0.717, 1.165) is 6.54 Å². The van der Waals surface area contributed by atoms with Crippen LogP contribution in [0.25, 0.3) is 0 Å². The lowest BCUT2D eigenvalue weighted by molar-refractivity contribution is 0.718. The second kappa shape index (κ2) is 4.31. The highest BCUT2D eigenvalue weighted by Crippen LogP contribution is 2.36. The van der Waals surface area contributed by atoms with E-state index in [0.29, 0.717) is 20.7 Å². The lowest BCUT2D eigenvalue weighted by atomic mass is 10.2. The van der Waals surface area contributed by atoms with Crippen LogP contribution in [0, 0.1) is 0 Å². The Balaban J connectivity index is 2.20. The summed E-state index contributed by atoms with van der Waals surface area (Å²) in [6, 6.07) is 5.81. The molecule has 76 valence electrons. The van der Waals surface area contributed by atoms with Crippen molar-refractivity contribution in [2.45, 2.75) is 17.5 Å². The van der Waals surface area contributed by atoms with Gasteiger partial charge in [0.15, 0.2) is 0 Å². The van der Waals surface area contributed by atoms with E-state index in [9.17, 15) is 0 Å². The van der Waals surface area contributed by atoms with Crippen molar-refractivity contribution in [2.24, 2.45) is 0 Å². The normalized spacial score (nSPS) is 26.8. The second-order valence-corrected chi connectivity index (χ2v) is 5.77. The van der Waals surface area contributed by atoms with E-state index in [2.05, 4.69) is 12.2 Å². The molecule has 0 saturated carbocycles. The highest BCUT2D eigenvalue weighted by atomic mass is 35.5. The average molecular weight is 248 g/mol. The van der Waals surface area contributed by atoms with E-state index in [1.54, 1.807) is 0 Å². The second-order valence-electron chi connectivity index (χ2n) is 3.41. The van der Waals surface area contributed by atoms with Crippen LogP contribution < -0.4 is 5.32 Å². The van der Waals surface area contributed by atoms with E-state index in [1.807, 2.05) is 30.0 Å². The molecule has 1 aromatic carbocycles. The first-order valence-electron chi connectivity index (χ1n) is 4.50. The minimum absolute atomic E-state index is 0.361. The van der Waals surface area contributed by atoms with Crippen molar-refractivity contribution in [3.8, 4) is 0 Å². The van der Waals surface area contributed by atoms with Crippen LogP contribution >= 0.6 is 35.0 Å². The maximum Gasteiger partial charge on any atom is 0.0793 e. The highest BCUT2D eigenvalue weighted by molar-refractivity contribution is 8.00. The summed E-state index contributed by atoms with van der Waals surface area (Å²) in [5.74, 6) is 0. The molecule has 1 heterocycles. The van der Waals surface area contributed by atoms with Crippen molar-refractivity contribution in [3.63, 3.8) is 0 Å². The Morgan fingerprint density at radius 1 is 1.36 bits per heavy atom. The Morgan fingerprint density at radius 2 is 2.14 bits per heavy atom. The first-order chi connectivity index (χ1) is 6.66. The molecule has 14 heavy (non-hydrogen) atoms. The number of hydrogen-bond donors (Lipinski definition) is 1. The lowest BCUT2D eigenvalue weighted by Crippen LogP contribution is -2.13. The van der Waals surface area contributed by atoms with Crippen LogP contribution in [0.3, 0.4) is 0 Å². The van der Waals surface area contributed by atoms with E-state index < -0.39 is 0 Å². The van der Waals surface area contributed by atoms with Crippen molar-refractivity contribution in [2.75, 3.05) is 6.54 Å². The topological polar surface area (TPSA) is 12.0 Å². The van der Waals surface area contributed by atoms with Gasteiger partial charge in [-0.15, -0.1) is 11.8 Å². The molecule has 2 rings (SSSR count). The van der Waals surface area contributed by atoms with Gasteiger partial charge in [-0.3, -0.25) is 0 Å². The first kappa shape index (κ1) is 10.6. The van der Waals surface area contributed by atoms with Crippen molar-refractivity contribution >= 4 is 35.0 Å². The van der Waals surface area contributed by atoms with Crippen molar-refractivity contribution in [1.82, 2.24) is 5.32 Å². The van der Waals surface area contributed by atoms with Crippen LogP contribution in [0.5, 0.6) is 0 Å². The molecule has 2 atom stereocenters. The van der Waals surface area contributed by atoms with Crippen LogP contribution in [0.15, 0.2) is 18.2 Å². The Bertz CT molecular complexity index is 343. The van der Waals surface area contributed by atoms with Gasteiger partial charge in [-0.1, -0.05) is 36.2 Å². The van der Waals surface area contributed by atoms with Crippen LogP contribution in [0.2, 0.25) is 10.0 Å². The van der Waals surface area contributed by atoms with Gasteiger partial charge in [0, 0.05) is 11.8 Å². The van der Waals surface area contributed by atoms with E-state index in [4.69, 9.17) is 23.2 Å². The zero-order valence-corrected chi connectivity index (χ0v) is 10.1. The van der Waals surface area contributed by atoms with Crippen LogP contribution in [0.4, 0.5) is 0 Å². The number of nitrogens with one attached hydrogen (secondary N) is 1. The quantitative estimate of drug-likeness (QED) is 0.812. The molecule has 0 radical (unpaired) electrons. The van der Waals surface area contributed by atoms with Gasteiger partial charge in [0.05, 0.1) is 15.4 Å². The molecule has 1 fully saturated rings. The molecule has 0 bridgehead atoms. The van der Waals surface area contributed by atoms with Gasteiger partial charge in [-0.05, 0) is 17.7 Å². The van der Waals surface area contributed by atoms with Gasteiger partial charge in [-0.25, -0.2) is 0 Å². The molecular weight excluding hydrogens is 237 g/mol. The Kier molecular flexibility index (Phi) is 3.27. The third kappa shape index (κ3) is 2.19. The highest BCUT2D eigenvalue weighted by Gasteiger charge is 2.22. The van der Waals surface area contributed by atoms with Crippen LogP contribution in [0.1, 0.15) is 17.9 Å². The van der Waals surface area contributed by atoms with Crippen molar-refractivity contribution < 1.29 is 0 Å². The maximum absolute atomic E-state index is 5.96. The SMILES string of the molecule is CC1CNC(c2ccc(Cl)c(Cl)c2)S1. The lowest BCUT2D eigenvalue weighted by Gasteiger charge is -2.10. The minimum Gasteiger partial charge on any atom is -0.301 e. The van der Waals surface area contributed by atoms with Gasteiger partial charge in [0.1, 0.15) is 0 Å². The molecule has 1 aliphatic heterocycles. The first-order valence-corrected chi connectivity index (χ1v) is 6.20. The fraction of sp³-hybridized carbons (Fsp3) is 0.400. The predicted octanol–water partition coefficient (Wildman–Crippen LogP) is 3.72. The van der Waals surface area contributed by atoms with Crippen LogP contribution in [-0.4, -0.2) is 11.8 Å². The van der Waals surface area contributed by atoms with Gasteiger partial charge < -0.3 is 5.32 Å². The summed E-state index contributed by atoms with van der Waals surface area (Å²) in [6.45, 7) is 3.27. The summed E-state index contributed by atoms with van der Waals surface area (Å²) >= 11 is 13.7. The fourth-order valence-corrected chi connectivity index (χ4v) is 2.93. The van der Waals surface area contributed by atoms with Crippen molar-refractivity contribution in [3.05, 3.63) is 33.8 Å². The average Bonchev–Trinajstić information content (AvgIpc) is 2.57. The largest absolute Gasteiger partial charge is 0.301 e. The molecular formula is C10H11Cl2NS. The molecule has 0 amide bonds. The molecule has 0 aliphatic carbocycles. The van der Waals surface area contributed by atoms with E-state index in [-0.39, 0.29) is 0 Å². The van der Waals surface area contributed by atoms with Crippen molar-refractivity contribution in [1.29, 1.82) is 0 Å². The van der Waals surface area contributed by atoms with E-state index in [1.165, 1.54) is 5.56 Å². The van der Waals surface area contributed by atoms with Gasteiger partial charge in [-0.2, -0.15) is 0 Å². The zero-order valence-electron chi connectivity index (χ0n) is 7.76. The zero-order chi connectivity index (χ0) is 10.1. The molecule has 0 aromatic heterocycles. The summed E-state index contributed by atoms with van der Waals surface area (Å²) in [4.78, 5) is 0. The summed E-state index contributed by atoms with van der Waals surface area (Å²) in [7, 11) is 0. The number of rotatable bonds is 1. The third-order valence-corrected chi connectivity index (χ3v) is 4.29. The Labute approximate surface area is 98.2 Å². The maximum atomic E-state index is 5.96. The number of halogens is 2. The van der Waals surface area contributed by atoms with Gasteiger partial charge in [0.2, 0.25) is 0 Å². The molecule has 1 saturated heterocycles. The van der Waals surface area contributed by atoms with Crippen LogP contribution in [-0.2, 0) is 0 Å². The Hall–Kier alpha value is 0.110. The summed E-state index contributed by atoms with van der Waals surface area (Å²) < 4.78 is 0. The number of thioether (sulfide) groups is 1. The van der Waals surface area contributed by atoms with Gasteiger partial charge >= 0.3 is 0 Å². The van der Waals surface area contributed by atoms with E-state index >= 15 is 0 Å². The number of benzene rings is 1. The predicted molar refractivity (Wildman–Crippen MR) is 64.3 cm³/mol. The molecule has 1 aromatic rings. The summed E-state index contributed by atoms with van der Waals surface area (Å²) in [6.07, 6.45) is 0. The molecule has 4 heteroatoms. The molecule has 1 nitrogen and oxygen atoms in total. The molecule has 1 aliphatic rings. The summed E-state index contributed by atoms with van der Waals surface area (Å²) in [5, 5.41) is 5.70. The smallest absolute Gasteiger partial charge is 0.0793 e. The minimum atomic E-state index is 0.361. The number of hydrogen-bond acceptors (Lipinski definition) is 2. The molecule has 0 spiro atoms. The Morgan fingerprint density at radius 3 is 2.71 bits per heavy atom. The fourth-order valence-electron chi connectivity index (χ4n) is 1.47. The third-order valence-electron chi connectivity index (χ3n) is 2.21. The van der Waals surface area contributed by atoms with Gasteiger partial charge in [0.25, 0.3) is 0 Å².